The van der Waals surface area contributed by atoms with Crippen LogP contribution in [0.15, 0.2) is 72.8 Å². The molecular formula is C47H70O8. The largest absolute Gasteiger partial charge is 0.491 e. The molecule has 0 heterocycles. The van der Waals surface area contributed by atoms with Crippen LogP contribution in [0.1, 0.15) is 174 Å². The Morgan fingerprint density at radius 2 is 1.04 bits per heavy atom. The molecule has 0 saturated heterocycles. The molecule has 1 atom stereocenters. The van der Waals surface area contributed by atoms with Crippen LogP contribution in [0.2, 0.25) is 0 Å². The van der Waals surface area contributed by atoms with E-state index in [2.05, 4.69) is 20.8 Å². The summed E-state index contributed by atoms with van der Waals surface area (Å²) in [5, 5.41) is 37.0. The maximum atomic E-state index is 12.0. The van der Waals surface area contributed by atoms with Gasteiger partial charge in [0.05, 0.1) is 12.7 Å². The summed E-state index contributed by atoms with van der Waals surface area (Å²) < 4.78 is 5.16. The van der Waals surface area contributed by atoms with Gasteiger partial charge in [-0.05, 0) is 88.8 Å². The number of carbonyl (C=O) groups is 3. The lowest BCUT2D eigenvalue weighted by atomic mass is 9.94. The SMILES string of the molecule is CC(C)c1ccc(C(=O)C(C)(C)O)cc1.CC(O)CC(=O)c1ccc(OCCO)cc1.CCCCCCCCCCCCc1ccc(C(=O)C(C)(C)O)cc1. The van der Waals surface area contributed by atoms with E-state index in [9.17, 15) is 24.6 Å². The molecule has 3 aromatic carbocycles. The van der Waals surface area contributed by atoms with Crippen LogP contribution < -0.4 is 4.74 Å². The molecule has 0 fully saturated rings. The zero-order valence-corrected chi connectivity index (χ0v) is 34.9. The van der Waals surface area contributed by atoms with E-state index in [1.165, 1.54) is 103 Å². The van der Waals surface area contributed by atoms with E-state index in [0.717, 1.165) is 6.42 Å². The number of benzene rings is 3. The van der Waals surface area contributed by atoms with Crippen LogP contribution >= 0.6 is 0 Å². The van der Waals surface area contributed by atoms with Gasteiger partial charge in [-0.1, -0.05) is 127 Å². The van der Waals surface area contributed by atoms with Gasteiger partial charge in [-0.3, -0.25) is 14.4 Å². The second kappa shape index (κ2) is 26.2. The van der Waals surface area contributed by atoms with Crippen LogP contribution in [-0.2, 0) is 6.42 Å². The minimum absolute atomic E-state index is 0.0390. The van der Waals surface area contributed by atoms with Crippen LogP contribution in [0.25, 0.3) is 0 Å². The number of Topliss-reactive ketones (excluding diaryl/α,β-unsaturated/α-hetero) is 3. The van der Waals surface area contributed by atoms with Crippen molar-refractivity contribution in [1.29, 1.82) is 0 Å². The predicted molar refractivity (Wildman–Crippen MR) is 223 cm³/mol. The first kappa shape index (κ1) is 49.3. The molecule has 0 spiro atoms. The second-order valence-corrected chi connectivity index (χ2v) is 15.8. The first-order valence-corrected chi connectivity index (χ1v) is 20.2. The highest BCUT2D eigenvalue weighted by Crippen LogP contribution is 2.19. The van der Waals surface area contributed by atoms with E-state index < -0.39 is 17.3 Å². The Morgan fingerprint density at radius 3 is 1.44 bits per heavy atom. The molecule has 0 bridgehead atoms. The van der Waals surface area contributed by atoms with Crippen molar-refractivity contribution in [2.45, 2.75) is 156 Å². The highest BCUT2D eigenvalue weighted by atomic mass is 16.5. The van der Waals surface area contributed by atoms with Crippen LogP contribution in [0.4, 0.5) is 0 Å². The van der Waals surface area contributed by atoms with Crippen molar-refractivity contribution in [3.63, 3.8) is 0 Å². The zero-order valence-electron chi connectivity index (χ0n) is 34.9. The monoisotopic (exact) mass is 763 g/mol. The van der Waals surface area contributed by atoms with Gasteiger partial charge in [0.25, 0.3) is 0 Å². The quantitative estimate of drug-likeness (QED) is 0.0586. The molecule has 4 N–H and O–H groups in total. The summed E-state index contributed by atoms with van der Waals surface area (Å²) in [4.78, 5) is 35.2. The molecular weight excluding hydrogens is 693 g/mol. The van der Waals surface area contributed by atoms with Crippen molar-refractivity contribution >= 4 is 17.3 Å². The lowest BCUT2D eigenvalue weighted by Crippen LogP contribution is -2.31. The van der Waals surface area contributed by atoms with E-state index >= 15 is 0 Å². The van der Waals surface area contributed by atoms with Gasteiger partial charge in [0.1, 0.15) is 23.6 Å². The Hall–Kier alpha value is -3.69. The fourth-order valence-corrected chi connectivity index (χ4v) is 5.65. The van der Waals surface area contributed by atoms with Crippen molar-refractivity contribution in [1.82, 2.24) is 0 Å². The summed E-state index contributed by atoms with van der Waals surface area (Å²) in [6.45, 7) is 14.3. The molecule has 0 aromatic heterocycles. The minimum Gasteiger partial charge on any atom is -0.491 e. The number of hydrogen-bond donors (Lipinski definition) is 4. The molecule has 0 aliphatic heterocycles. The van der Waals surface area contributed by atoms with Gasteiger partial charge in [-0.25, -0.2) is 0 Å². The van der Waals surface area contributed by atoms with Crippen LogP contribution in [0, 0.1) is 0 Å². The first-order chi connectivity index (χ1) is 25.9. The average molecular weight is 763 g/mol. The number of rotatable bonds is 22. The number of carbonyl (C=O) groups excluding carboxylic acids is 3. The van der Waals surface area contributed by atoms with E-state index in [1.54, 1.807) is 43.3 Å². The van der Waals surface area contributed by atoms with E-state index in [4.69, 9.17) is 14.9 Å². The van der Waals surface area contributed by atoms with Gasteiger partial charge in [-0.15, -0.1) is 0 Å². The zero-order chi connectivity index (χ0) is 41.4. The van der Waals surface area contributed by atoms with Gasteiger partial charge in [0.15, 0.2) is 17.3 Å². The van der Waals surface area contributed by atoms with Crippen LogP contribution in [-0.4, -0.2) is 68.3 Å². The van der Waals surface area contributed by atoms with Crippen molar-refractivity contribution in [3.05, 3.63) is 101 Å². The Labute approximate surface area is 331 Å². The molecule has 1 unspecified atom stereocenters. The van der Waals surface area contributed by atoms with Gasteiger partial charge in [0.2, 0.25) is 0 Å². The summed E-state index contributed by atoms with van der Waals surface area (Å²) in [6.07, 6.45) is 14.1. The van der Waals surface area contributed by atoms with Gasteiger partial charge >= 0.3 is 0 Å². The molecule has 55 heavy (non-hydrogen) atoms. The number of aliphatic hydroxyl groups is 4. The van der Waals surface area contributed by atoms with Crippen molar-refractivity contribution in [2.24, 2.45) is 0 Å². The first-order valence-electron chi connectivity index (χ1n) is 20.2. The molecule has 3 rings (SSSR count). The number of unbranched alkanes of at least 4 members (excludes halogenated alkanes) is 9. The van der Waals surface area contributed by atoms with Crippen LogP contribution in [0.5, 0.6) is 5.75 Å². The fourth-order valence-electron chi connectivity index (χ4n) is 5.65. The Balaban J connectivity index is 0.000000429. The molecule has 0 aliphatic rings. The second-order valence-electron chi connectivity index (χ2n) is 15.8. The average Bonchev–Trinajstić information content (AvgIpc) is 3.14. The molecule has 0 amide bonds. The predicted octanol–water partition coefficient (Wildman–Crippen LogP) is 9.88. The van der Waals surface area contributed by atoms with Gasteiger partial charge in [-0.2, -0.15) is 0 Å². The molecule has 0 radical (unpaired) electrons. The molecule has 306 valence electrons. The highest BCUT2D eigenvalue weighted by molar-refractivity contribution is 6.02. The molecule has 0 saturated carbocycles. The maximum absolute atomic E-state index is 12.0. The Morgan fingerprint density at radius 1 is 0.618 bits per heavy atom. The van der Waals surface area contributed by atoms with Gasteiger partial charge < -0.3 is 25.2 Å². The summed E-state index contributed by atoms with van der Waals surface area (Å²) in [5.41, 5.74) is 1.60. The van der Waals surface area contributed by atoms with E-state index in [1.807, 2.05) is 36.4 Å². The minimum atomic E-state index is -1.29. The summed E-state index contributed by atoms with van der Waals surface area (Å²) in [6, 6.07) is 21.8. The lowest BCUT2D eigenvalue weighted by Gasteiger charge is -2.15. The number of aryl methyl sites for hydroxylation is 1. The number of ether oxygens (including phenoxy) is 1. The molecule has 8 heteroatoms. The number of ketones is 3. The fraction of sp³-hybridized carbons (Fsp3) is 0.553. The maximum Gasteiger partial charge on any atom is 0.193 e. The Bertz CT molecular complexity index is 1490. The standard InChI is InChI=1S/C22H36O2.C13H18O2.C12H16O4/c1-4-5-6-7-8-9-10-11-12-13-14-19-15-17-20(18-16-19)21(23)22(2,3)24;1-9(2)10-5-7-11(8-6-10)12(14)13(3,4)15;1-9(14)8-12(15)10-2-4-11(5-3-10)16-7-6-13/h15-18,24H,4-14H2,1-3H3;5-9,15H,1-4H3;2-5,9,13-14H,6-8H2,1H3. The molecule has 3 aromatic rings. The normalized spacial score (nSPS) is 11.9. The third-order valence-electron chi connectivity index (χ3n) is 9.00. The van der Waals surface area contributed by atoms with E-state index in [0.29, 0.717) is 28.4 Å². The lowest BCUT2D eigenvalue weighted by molar-refractivity contribution is 0.0487. The third kappa shape index (κ3) is 21.3. The number of hydrogen-bond acceptors (Lipinski definition) is 8. The highest BCUT2D eigenvalue weighted by Gasteiger charge is 2.25. The van der Waals surface area contributed by atoms with Gasteiger partial charge in [0, 0.05) is 23.1 Å². The summed E-state index contributed by atoms with van der Waals surface area (Å²) in [5.74, 6) is 0.522. The van der Waals surface area contributed by atoms with Crippen LogP contribution in [0.3, 0.4) is 0 Å². The Kier molecular flexibility index (Phi) is 23.5. The van der Waals surface area contributed by atoms with Crippen molar-refractivity contribution in [2.75, 3.05) is 13.2 Å². The molecule has 0 aliphatic carbocycles. The molecule has 8 nitrogen and oxygen atoms in total. The topological polar surface area (TPSA) is 141 Å². The van der Waals surface area contributed by atoms with E-state index in [-0.39, 0.29) is 37.0 Å². The summed E-state index contributed by atoms with van der Waals surface area (Å²) >= 11 is 0. The third-order valence-corrected chi connectivity index (χ3v) is 9.00. The smallest absolute Gasteiger partial charge is 0.193 e. The number of aliphatic hydroxyl groups excluding tert-OH is 2. The van der Waals surface area contributed by atoms with Crippen molar-refractivity contribution in [3.8, 4) is 5.75 Å². The van der Waals surface area contributed by atoms with Crippen molar-refractivity contribution < 1.29 is 39.5 Å². The summed E-state index contributed by atoms with van der Waals surface area (Å²) in [7, 11) is 0.